The second-order valence-corrected chi connectivity index (χ2v) is 11.0. The lowest BCUT2D eigenvalue weighted by Gasteiger charge is -2.24. The van der Waals surface area contributed by atoms with E-state index in [0.29, 0.717) is 38.4 Å². The third-order valence-corrected chi connectivity index (χ3v) is 8.60. The Morgan fingerprint density at radius 3 is 2.38 bits per heavy atom. The molecule has 0 saturated carbocycles. The summed E-state index contributed by atoms with van der Waals surface area (Å²) in [7, 11) is -3.73. The van der Waals surface area contributed by atoms with Crippen LogP contribution in [0.1, 0.15) is 17.8 Å². The van der Waals surface area contributed by atoms with Crippen molar-refractivity contribution in [2.45, 2.75) is 17.7 Å². The average Bonchev–Trinajstić information content (AvgIpc) is 3.16. The molecule has 0 N–H and O–H groups in total. The number of benzene rings is 3. The summed E-state index contributed by atoms with van der Waals surface area (Å²) in [6.07, 6.45) is 1.21. The summed E-state index contributed by atoms with van der Waals surface area (Å²) in [5, 5.41) is 9.97. The number of nitrogens with zero attached hydrogens (tertiary/aromatic N) is 6. The van der Waals surface area contributed by atoms with Crippen LogP contribution in [-0.2, 0) is 16.4 Å². The largest absolute Gasteiger partial charge is 0.340 e. The maximum atomic E-state index is 13.4. The fourth-order valence-electron chi connectivity index (χ4n) is 4.81. The molecule has 2 aromatic heterocycles. The van der Waals surface area contributed by atoms with Gasteiger partial charge in [0, 0.05) is 38.0 Å². The summed E-state index contributed by atoms with van der Waals surface area (Å²) in [6, 6.07) is 22.9. The minimum Gasteiger partial charge on any atom is -0.340 e. The van der Waals surface area contributed by atoms with Gasteiger partial charge in [0.2, 0.25) is 16.0 Å². The molecule has 3 aromatic carbocycles. The van der Waals surface area contributed by atoms with E-state index in [0.717, 1.165) is 27.9 Å². The van der Waals surface area contributed by atoms with Gasteiger partial charge in [-0.1, -0.05) is 42.5 Å². The number of rotatable bonds is 5. The molecule has 0 amide bonds. The Kier molecular flexibility index (Phi) is 6.05. The standard InChI is InChI=1S/C27H25FN6O2S/c28-21-11-13-22(14-12-21)37(35,36)33-16-6-15-32(17-18-33)27-29-24-10-5-4-9-23(24)26-31-30-25(34(26)27)19-20-7-2-1-3-8-20/h1-5,7-14H,6,15-19H2. The van der Waals surface area contributed by atoms with Crippen LogP contribution < -0.4 is 4.90 Å². The molecule has 188 valence electrons. The molecule has 0 aliphatic carbocycles. The van der Waals surface area contributed by atoms with Crippen molar-refractivity contribution in [3.8, 4) is 0 Å². The summed E-state index contributed by atoms with van der Waals surface area (Å²) >= 11 is 0. The minimum atomic E-state index is -3.73. The highest BCUT2D eigenvalue weighted by Gasteiger charge is 2.29. The molecule has 1 aliphatic rings. The molecule has 0 bridgehead atoms. The van der Waals surface area contributed by atoms with E-state index in [1.807, 2.05) is 46.9 Å². The summed E-state index contributed by atoms with van der Waals surface area (Å²) in [4.78, 5) is 7.20. The molecule has 1 aliphatic heterocycles. The zero-order chi connectivity index (χ0) is 25.4. The van der Waals surface area contributed by atoms with Crippen molar-refractivity contribution < 1.29 is 12.8 Å². The zero-order valence-corrected chi connectivity index (χ0v) is 20.9. The van der Waals surface area contributed by atoms with E-state index in [4.69, 9.17) is 4.98 Å². The molecule has 1 saturated heterocycles. The summed E-state index contributed by atoms with van der Waals surface area (Å²) in [5.74, 6) is 1.01. The SMILES string of the molecule is O=S(=O)(c1ccc(F)cc1)N1CCCN(c2nc3ccccc3c3nnc(Cc4ccccc4)n23)CC1. The van der Waals surface area contributed by atoms with E-state index in [1.165, 1.54) is 28.6 Å². The molecule has 0 spiro atoms. The van der Waals surface area contributed by atoms with Gasteiger partial charge in [0.1, 0.15) is 11.6 Å². The predicted molar refractivity (Wildman–Crippen MR) is 140 cm³/mol. The highest BCUT2D eigenvalue weighted by molar-refractivity contribution is 7.89. The Balaban J connectivity index is 1.37. The zero-order valence-electron chi connectivity index (χ0n) is 20.0. The van der Waals surface area contributed by atoms with Gasteiger partial charge in [0.25, 0.3) is 0 Å². The third kappa shape index (κ3) is 4.42. The molecular formula is C27H25FN6O2S. The summed E-state index contributed by atoms with van der Waals surface area (Å²) in [5.41, 5.74) is 2.65. The molecule has 8 nitrogen and oxygen atoms in total. The normalized spacial score (nSPS) is 15.3. The van der Waals surface area contributed by atoms with Crippen LogP contribution in [0.15, 0.2) is 83.8 Å². The van der Waals surface area contributed by atoms with E-state index in [1.54, 1.807) is 0 Å². The molecule has 0 unspecified atom stereocenters. The first-order chi connectivity index (χ1) is 18.0. The van der Waals surface area contributed by atoms with Crippen LogP contribution in [-0.4, -0.2) is 58.5 Å². The second kappa shape index (κ2) is 9.53. The van der Waals surface area contributed by atoms with Gasteiger partial charge >= 0.3 is 0 Å². The molecule has 3 heterocycles. The average molecular weight is 517 g/mol. The van der Waals surface area contributed by atoms with Crippen LogP contribution >= 0.6 is 0 Å². The summed E-state index contributed by atoms with van der Waals surface area (Å²) in [6.45, 7) is 1.72. The van der Waals surface area contributed by atoms with Crippen LogP contribution in [0.25, 0.3) is 16.6 Å². The second-order valence-electron chi connectivity index (χ2n) is 9.07. The van der Waals surface area contributed by atoms with Crippen LogP contribution in [0.5, 0.6) is 0 Å². The van der Waals surface area contributed by atoms with E-state index < -0.39 is 15.8 Å². The van der Waals surface area contributed by atoms with Crippen molar-refractivity contribution in [3.05, 3.63) is 96.1 Å². The van der Waals surface area contributed by atoms with Crippen molar-refractivity contribution >= 4 is 32.5 Å². The quantitative estimate of drug-likeness (QED) is 0.352. The molecule has 0 atom stereocenters. The topological polar surface area (TPSA) is 83.7 Å². The van der Waals surface area contributed by atoms with E-state index in [2.05, 4.69) is 27.2 Å². The lowest BCUT2D eigenvalue weighted by Crippen LogP contribution is -2.36. The Labute approximate surface area is 214 Å². The van der Waals surface area contributed by atoms with Gasteiger partial charge in [-0.3, -0.25) is 0 Å². The molecule has 5 aromatic rings. The molecule has 0 radical (unpaired) electrons. The van der Waals surface area contributed by atoms with E-state index in [9.17, 15) is 12.8 Å². The first kappa shape index (κ1) is 23.5. The van der Waals surface area contributed by atoms with Crippen molar-refractivity contribution in [3.63, 3.8) is 0 Å². The maximum Gasteiger partial charge on any atom is 0.243 e. The van der Waals surface area contributed by atoms with Crippen LogP contribution in [0.3, 0.4) is 0 Å². The lowest BCUT2D eigenvalue weighted by molar-refractivity contribution is 0.433. The molecule has 37 heavy (non-hydrogen) atoms. The van der Waals surface area contributed by atoms with E-state index >= 15 is 0 Å². The Hall–Kier alpha value is -3.89. The minimum absolute atomic E-state index is 0.0949. The van der Waals surface area contributed by atoms with Crippen LogP contribution in [0.4, 0.5) is 10.3 Å². The number of para-hydroxylation sites is 1. The lowest BCUT2D eigenvalue weighted by atomic mass is 10.1. The van der Waals surface area contributed by atoms with Crippen molar-refractivity contribution in [1.82, 2.24) is 23.9 Å². The highest BCUT2D eigenvalue weighted by atomic mass is 32.2. The number of hydrogen-bond acceptors (Lipinski definition) is 6. The van der Waals surface area contributed by atoms with Crippen molar-refractivity contribution in [1.29, 1.82) is 0 Å². The van der Waals surface area contributed by atoms with Crippen LogP contribution in [0, 0.1) is 5.82 Å². The number of halogens is 1. The van der Waals surface area contributed by atoms with Gasteiger partial charge in [0.15, 0.2) is 5.65 Å². The molecule has 10 heteroatoms. The monoisotopic (exact) mass is 516 g/mol. The van der Waals surface area contributed by atoms with Crippen LogP contribution in [0.2, 0.25) is 0 Å². The fourth-order valence-corrected chi connectivity index (χ4v) is 6.28. The van der Waals surface area contributed by atoms with Gasteiger partial charge in [-0.25, -0.2) is 22.2 Å². The first-order valence-corrected chi connectivity index (χ1v) is 13.6. The molecule has 6 rings (SSSR count). The summed E-state index contributed by atoms with van der Waals surface area (Å²) < 4.78 is 43.3. The number of sulfonamides is 1. The number of anilines is 1. The molecule has 1 fully saturated rings. The third-order valence-electron chi connectivity index (χ3n) is 6.69. The maximum absolute atomic E-state index is 13.4. The van der Waals surface area contributed by atoms with Crippen molar-refractivity contribution in [2.24, 2.45) is 0 Å². The molecular weight excluding hydrogens is 491 g/mol. The van der Waals surface area contributed by atoms with Gasteiger partial charge in [-0.15, -0.1) is 10.2 Å². The Bertz CT molecular complexity index is 1670. The first-order valence-electron chi connectivity index (χ1n) is 12.2. The van der Waals surface area contributed by atoms with Gasteiger partial charge in [-0.2, -0.15) is 4.31 Å². The van der Waals surface area contributed by atoms with Crippen molar-refractivity contribution in [2.75, 3.05) is 31.1 Å². The van der Waals surface area contributed by atoms with Gasteiger partial charge < -0.3 is 4.90 Å². The Morgan fingerprint density at radius 2 is 1.57 bits per heavy atom. The number of aromatic nitrogens is 4. The predicted octanol–water partition coefficient (Wildman–Crippen LogP) is 3.91. The van der Waals surface area contributed by atoms with Gasteiger partial charge in [-0.05, 0) is 48.4 Å². The number of fused-ring (bicyclic) bond motifs is 3. The van der Waals surface area contributed by atoms with E-state index in [-0.39, 0.29) is 11.4 Å². The smallest absolute Gasteiger partial charge is 0.243 e. The fraction of sp³-hybridized carbons (Fsp3) is 0.222. The highest BCUT2D eigenvalue weighted by Crippen LogP contribution is 2.27. The number of hydrogen-bond donors (Lipinski definition) is 0. The van der Waals surface area contributed by atoms with Gasteiger partial charge in [0.05, 0.1) is 10.4 Å². The Morgan fingerprint density at radius 1 is 0.811 bits per heavy atom.